The number of hydrogen-bond donors (Lipinski definition) is 1. The van der Waals surface area contributed by atoms with Crippen molar-refractivity contribution in [2.45, 2.75) is 30.6 Å². The maximum absolute atomic E-state index is 12.8. The summed E-state index contributed by atoms with van der Waals surface area (Å²) < 4.78 is 27.3. The summed E-state index contributed by atoms with van der Waals surface area (Å²) in [7, 11) is -3.50. The summed E-state index contributed by atoms with van der Waals surface area (Å²) in [5.74, 6) is -0.334. The average molecular weight is 410 g/mol. The van der Waals surface area contributed by atoms with Crippen molar-refractivity contribution in [2.75, 3.05) is 18.4 Å². The standard InChI is InChI=1S/C22H23N3O3S/c26-22(21-14-9-17-7-3-4-8-20(17)24-21)23-18-10-12-19(13-11-18)29(27,28)25-15-5-1-2-6-16-25/h3-4,7-14H,1-2,5-6,15-16H2,(H,23,26). The second-order valence-electron chi connectivity index (χ2n) is 7.19. The van der Waals surface area contributed by atoms with Crippen LogP contribution in [0.15, 0.2) is 65.6 Å². The van der Waals surface area contributed by atoms with Crippen LogP contribution in [0.1, 0.15) is 36.2 Å². The molecule has 1 saturated heterocycles. The van der Waals surface area contributed by atoms with Gasteiger partial charge in [0.05, 0.1) is 10.4 Å². The number of pyridine rings is 1. The quantitative estimate of drug-likeness (QED) is 0.705. The van der Waals surface area contributed by atoms with Crippen molar-refractivity contribution >= 4 is 32.5 Å². The number of nitrogens with one attached hydrogen (secondary N) is 1. The van der Waals surface area contributed by atoms with Gasteiger partial charge in [-0.15, -0.1) is 0 Å². The fourth-order valence-corrected chi connectivity index (χ4v) is 5.05. The summed E-state index contributed by atoms with van der Waals surface area (Å²) in [5, 5.41) is 3.75. The third-order valence-electron chi connectivity index (χ3n) is 5.15. The zero-order chi connectivity index (χ0) is 20.3. The topological polar surface area (TPSA) is 79.4 Å². The molecule has 6 nitrogen and oxygen atoms in total. The molecular formula is C22H23N3O3S. The molecule has 0 spiro atoms. The van der Waals surface area contributed by atoms with Gasteiger partial charge in [-0.3, -0.25) is 4.79 Å². The largest absolute Gasteiger partial charge is 0.321 e. The Bertz CT molecular complexity index is 1120. The maximum Gasteiger partial charge on any atom is 0.274 e. The number of sulfonamides is 1. The Morgan fingerprint density at radius 2 is 1.55 bits per heavy atom. The minimum absolute atomic E-state index is 0.251. The van der Waals surface area contributed by atoms with Gasteiger partial charge in [-0.05, 0) is 49.2 Å². The molecule has 1 N–H and O–H groups in total. The van der Waals surface area contributed by atoms with Gasteiger partial charge in [0, 0.05) is 24.2 Å². The van der Waals surface area contributed by atoms with E-state index in [2.05, 4.69) is 10.3 Å². The fraction of sp³-hybridized carbons (Fsp3) is 0.273. The van der Waals surface area contributed by atoms with Crippen LogP contribution in [0.25, 0.3) is 10.9 Å². The van der Waals surface area contributed by atoms with Crippen molar-refractivity contribution < 1.29 is 13.2 Å². The lowest BCUT2D eigenvalue weighted by Crippen LogP contribution is -2.31. The van der Waals surface area contributed by atoms with Crippen molar-refractivity contribution in [2.24, 2.45) is 0 Å². The highest BCUT2D eigenvalue weighted by Crippen LogP contribution is 2.22. The van der Waals surface area contributed by atoms with Gasteiger partial charge in [0.25, 0.3) is 5.91 Å². The van der Waals surface area contributed by atoms with E-state index in [1.165, 1.54) is 0 Å². The third kappa shape index (κ3) is 4.31. The number of fused-ring (bicyclic) bond motifs is 1. The maximum atomic E-state index is 12.8. The van der Waals surface area contributed by atoms with Crippen LogP contribution in [0.5, 0.6) is 0 Å². The molecule has 29 heavy (non-hydrogen) atoms. The molecule has 150 valence electrons. The lowest BCUT2D eigenvalue weighted by Gasteiger charge is -2.20. The minimum Gasteiger partial charge on any atom is -0.321 e. The highest BCUT2D eigenvalue weighted by Gasteiger charge is 2.25. The van der Waals surface area contributed by atoms with Gasteiger partial charge >= 0.3 is 0 Å². The van der Waals surface area contributed by atoms with E-state index < -0.39 is 10.0 Å². The van der Waals surface area contributed by atoms with Crippen molar-refractivity contribution in [1.29, 1.82) is 0 Å². The van der Waals surface area contributed by atoms with Gasteiger partial charge in [0.2, 0.25) is 10.0 Å². The number of benzene rings is 2. The Balaban J connectivity index is 1.49. The van der Waals surface area contributed by atoms with E-state index in [-0.39, 0.29) is 10.8 Å². The molecule has 1 aliphatic heterocycles. The molecule has 3 aromatic rings. The van der Waals surface area contributed by atoms with Crippen molar-refractivity contribution in [1.82, 2.24) is 9.29 Å². The van der Waals surface area contributed by atoms with Gasteiger partial charge in [-0.1, -0.05) is 37.1 Å². The van der Waals surface area contributed by atoms with E-state index in [1.807, 2.05) is 30.3 Å². The molecule has 0 unspecified atom stereocenters. The number of carbonyl (C=O) groups excluding carboxylic acids is 1. The van der Waals surface area contributed by atoms with Gasteiger partial charge in [-0.2, -0.15) is 4.31 Å². The summed E-state index contributed by atoms with van der Waals surface area (Å²) in [6, 6.07) is 17.4. The van der Waals surface area contributed by atoms with Gasteiger partial charge < -0.3 is 5.32 Å². The van der Waals surface area contributed by atoms with Crippen molar-refractivity contribution in [3.05, 3.63) is 66.4 Å². The van der Waals surface area contributed by atoms with Crippen LogP contribution in [0, 0.1) is 0 Å². The summed E-state index contributed by atoms with van der Waals surface area (Å²) >= 11 is 0. The van der Waals surface area contributed by atoms with Crippen LogP contribution >= 0.6 is 0 Å². The fourth-order valence-electron chi connectivity index (χ4n) is 3.53. The van der Waals surface area contributed by atoms with E-state index in [9.17, 15) is 13.2 Å². The Morgan fingerprint density at radius 3 is 2.28 bits per heavy atom. The monoisotopic (exact) mass is 409 g/mol. The van der Waals surface area contributed by atoms with E-state index in [1.54, 1.807) is 34.6 Å². The highest BCUT2D eigenvalue weighted by atomic mass is 32.2. The van der Waals surface area contributed by atoms with Gasteiger partial charge in [0.15, 0.2) is 0 Å². The first-order chi connectivity index (χ1) is 14.0. The number of anilines is 1. The Hall–Kier alpha value is -2.77. The first-order valence-electron chi connectivity index (χ1n) is 9.81. The molecule has 7 heteroatoms. The predicted molar refractivity (Wildman–Crippen MR) is 113 cm³/mol. The molecule has 0 radical (unpaired) electrons. The summed E-state index contributed by atoms with van der Waals surface area (Å²) in [4.78, 5) is 17.2. The second kappa shape index (κ2) is 8.31. The van der Waals surface area contributed by atoms with E-state index in [0.29, 0.717) is 24.5 Å². The number of rotatable bonds is 4. The molecule has 2 heterocycles. The number of aromatic nitrogens is 1. The van der Waals surface area contributed by atoms with Crippen LogP contribution in [-0.2, 0) is 10.0 Å². The average Bonchev–Trinajstić information content (AvgIpc) is 3.04. The van der Waals surface area contributed by atoms with E-state index >= 15 is 0 Å². The molecule has 0 aliphatic carbocycles. The second-order valence-corrected chi connectivity index (χ2v) is 9.12. The van der Waals surface area contributed by atoms with E-state index in [4.69, 9.17) is 0 Å². The predicted octanol–water partition coefficient (Wildman–Crippen LogP) is 4.05. The van der Waals surface area contributed by atoms with Crippen molar-refractivity contribution in [3.8, 4) is 0 Å². The Kier molecular flexibility index (Phi) is 5.60. The Labute approximate surface area is 170 Å². The zero-order valence-corrected chi connectivity index (χ0v) is 16.9. The smallest absolute Gasteiger partial charge is 0.274 e. The SMILES string of the molecule is O=C(Nc1ccc(S(=O)(=O)N2CCCCCC2)cc1)c1ccc2ccccc2n1. The number of carbonyl (C=O) groups is 1. The molecule has 1 amide bonds. The van der Waals surface area contributed by atoms with Crippen LogP contribution in [0.2, 0.25) is 0 Å². The third-order valence-corrected chi connectivity index (χ3v) is 7.06. The number of amides is 1. The highest BCUT2D eigenvalue weighted by molar-refractivity contribution is 7.89. The summed E-state index contributed by atoms with van der Waals surface area (Å²) in [5.41, 5.74) is 1.59. The first-order valence-corrected chi connectivity index (χ1v) is 11.3. The lowest BCUT2D eigenvalue weighted by atomic mass is 10.2. The minimum atomic E-state index is -3.50. The van der Waals surface area contributed by atoms with Gasteiger partial charge in [0.1, 0.15) is 5.69 Å². The molecule has 1 aliphatic rings. The first kappa shape index (κ1) is 19.5. The van der Waals surface area contributed by atoms with Crippen LogP contribution in [0.3, 0.4) is 0 Å². The molecule has 0 saturated carbocycles. The van der Waals surface area contributed by atoms with Crippen molar-refractivity contribution in [3.63, 3.8) is 0 Å². The summed E-state index contributed by atoms with van der Waals surface area (Å²) in [6.07, 6.45) is 3.93. The van der Waals surface area contributed by atoms with Crippen LogP contribution in [0.4, 0.5) is 5.69 Å². The molecule has 0 atom stereocenters. The molecule has 1 aromatic heterocycles. The van der Waals surface area contributed by atoms with Crippen LogP contribution < -0.4 is 5.32 Å². The molecule has 1 fully saturated rings. The molecular weight excluding hydrogens is 386 g/mol. The van der Waals surface area contributed by atoms with E-state index in [0.717, 1.165) is 36.6 Å². The molecule has 4 rings (SSSR count). The molecule has 2 aromatic carbocycles. The normalized spacial score (nSPS) is 15.7. The number of nitrogens with zero attached hydrogens (tertiary/aromatic N) is 2. The zero-order valence-electron chi connectivity index (χ0n) is 16.0. The van der Waals surface area contributed by atoms with Gasteiger partial charge in [-0.25, -0.2) is 13.4 Å². The number of para-hydroxylation sites is 1. The van der Waals surface area contributed by atoms with Crippen LogP contribution in [-0.4, -0.2) is 36.7 Å². The summed E-state index contributed by atoms with van der Waals surface area (Å²) in [6.45, 7) is 1.13. The lowest BCUT2D eigenvalue weighted by molar-refractivity contribution is 0.102. The molecule has 0 bridgehead atoms. The number of hydrogen-bond acceptors (Lipinski definition) is 4. The Morgan fingerprint density at radius 1 is 0.862 bits per heavy atom.